The van der Waals surface area contributed by atoms with E-state index in [9.17, 15) is 4.79 Å². The number of nitrogens with zero attached hydrogens (tertiary/aromatic N) is 1. The lowest BCUT2D eigenvalue weighted by Crippen LogP contribution is -2.27. The van der Waals surface area contributed by atoms with Gasteiger partial charge in [-0.3, -0.25) is 4.79 Å². The summed E-state index contributed by atoms with van der Waals surface area (Å²) in [6, 6.07) is 18.6. The Balaban J connectivity index is 2.11. The molecule has 1 aliphatic carbocycles. The zero-order valence-electron chi connectivity index (χ0n) is 13.0. The number of hydrogen-bond donors (Lipinski definition) is 0. The van der Waals surface area contributed by atoms with Gasteiger partial charge in [-0.2, -0.15) is 0 Å². The van der Waals surface area contributed by atoms with Gasteiger partial charge < -0.3 is 4.57 Å². The summed E-state index contributed by atoms with van der Waals surface area (Å²) in [4.78, 5) is 12.7. The van der Waals surface area contributed by atoms with Crippen molar-refractivity contribution in [1.29, 1.82) is 0 Å². The molecular weight excluding hydrogens is 270 g/mol. The van der Waals surface area contributed by atoms with Gasteiger partial charge in [0.25, 0.3) is 0 Å². The molecule has 0 saturated heterocycles. The van der Waals surface area contributed by atoms with Crippen LogP contribution in [-0.4, -0.2) is 10.4 Å². The number of fused-ring (bicyclic) bond motifs is 3. The van der Waals surface area contributed by atoms with Crippen LogP contribution >= 0.6 is 0 Å². The van der Waals surface area contributed by atoms with E-state index in [0.717, 1.165) is 34.3 Å². The zero-order valence-corrected chi connectivity index (χ0v) is 13.0. The first-order valence-corrected chi connectivity index (χ1v) is 7.78. The molecule has 0 atom stereocenters. The molecule has 1 aromatic heterocycles. The number of ketones is 1. The van der Waals surface area contributed by atoms with Crippen LogP contribution in [0.5, 0.6) is 0 Å². The Morgan fingerprint density at radius 1 is 0.909 bits per heavy atom. The molecule has 2 nitrogen and oxygen atoms in total. The molecule has 4 rings (SSSR count). The highest BCUT2D eigenvalue weighted by Crippen LogP contribution is 2.40. The van der Waals surface area contributed by atoms with Gasteiger partial charge in [0.1, 0.15) is 0 Å². The molecule has 0 aliphatic heterocycles. The van der Waals surface area contributed by atoms with Gasteiger partial charge in [-0.05, 0) is 30.0 Å². The van der Waals surface area contributed by atoms with E-state index in [4.69, 9.17) is 0 Å². The Bertz CT molecular complexity index is 871. The van der Waals surface area contributed by atoms with Gasteiger partial charge in [0.05, 0.1) is 5.52 Å². The highest BCUT2D eigenvalue weighted by molar-refractivity contribution is 6.11. The van der Waals surface area contributed by atoms with Gasteiger partial charge in [-0.15, -0.1) is 0 Å². The molecule has 22 heavy (non-hydrogen) atoms. The van der Waals surface area contributed by atoms with Crippen LogP contribution in [0.4, 0.5) is 0 Å². The second-order valence-corrected chi connectivity index (χ2v) is 6.95. The van der Waals surface area contributed by atoms with E-state index in [-0.39, 0.29) is 11.2 Å². The number of para-hydroxylation sites is 2. The first-order chi connectivity index (χ1) is 10.6. The summed E-state index contributed by atoms with van der Waals surface area (Å²) in [7, 11) is 0. The van der Waals surface area contributed by atoms with Crippen molar-refractivity contribution in [2.24, 2.45) is 5.41 Å². The minimum absolute atomic E-state index is 0.0188. The van der Waals surface area contributed by atoms with Crippen LogP contribution in [0.2, 0.25) is 0 Å². The maximum Gasteiger partial charge on any atom is 0.165 e. The summed E-state index contributed by atoms with van der Waals surface area (Å²) < 4.78 is 2.27. The minimum Gasteiger partial charge on any atom is -0.313 e. The van der Waals surface area contributed by atoms with Crippen molar-refractivity contribution in [2.45, 2.75) is 26.7 Å². The third kappa shape index (κ3) is 1.91. The van der Waals surface area contributed by atoms with Gasteiger partial charge >= 0.3 is 0 Å². The lowest BCUT2D eigenvalue weighted by Gasteiger charge is -2.29. The Labute approximate surface area is 130 Å². The molecule has 0 N–H and O–H groups in total. The van der Waals surface area contributed by atoms with Crippen LogP contribution in [0.15, 0.2) is 54.6 Å². The van der Waals surface area contributed by atoms with Crippen LogP contribution < -0.4 is 0 Å². The van der Waals surface area contributed by atoms with Gasteiger partial charge in [-0.1, -0.05) is 50.2 Å². The largest absolute Gasteiger partial charge is 0.313 e. The lowest BCUT2D eigenvalue weighted by molar-refractivity contribution is 0.0912. The number of hydrogen-bond acceptors (Lipinski definition) is 1. The molecule has 2 heteroatoms. The van der Waals surface area contributed by atoms with Gasteiger partial charge in [0, 0.05) is 28.8 Å². The number of rotatable bonds is 1. The van der Waals surface area contributed by atoms with Crippen molar-refractivity contribution in [1.82, 2.24) is 4.57 Å². The third-order valence-electron chi connectivity index (χ3n) is 4.55. The van der Waals surface area contributed by atoms with E-state index >= 15 is 0 Å². The molecule has 110 valence electrons. The molecule has 0 amide bonds. The summed E-state index contributed by atoms with van der Waals surface area (Å²) in [6.07, 6.45) is 1.56. The number of carbonyl (C=O) groups excluding carboxylic acids is 1. The average Bonchev–Trinajstić information content (AvgIpc) is 2.80. The maximum atomic E-state index is 12.7. The molecule has 0 saturated carbocycles. The number of Topliss-reactive ketones (excluding diaryl/α,β-unsaturated/α-hetero) is 1. The smallest absolute Gasteiger partial charge is 0.165 e. The topological polar surface area (TPSA) is 22.0 Å². The van der Waals surface area contributed by atoms with E-state index < -0.39 is 0 Å². The molecule has 1 aliphatic rings. The normalized spacial score (nSPS) is 16.7. The standard InChI is InChI=1S/C20H19NO/c1-20(2)12-17-19(18(22)13-20)15-10-6-7-11-16(15)21(17)14-8-4-3-5-9-14/h3-11H,12-13H2,1-2H3. The lowest BCUT2D eigenvalue weighted by atomic mass is 9.75. The Kier molecular flexibility index (Phi) is 2.77. The van der Waals surface area contributed by atoms with E-state index in [1.165, 1.54) is 0 Å². The van der Waals surface area contributed by atoms with Crippen molar-refractivity contribution < 1.29 is 4.79 Å². The Morgan fingerprint density at radius 3 is 2.36 bits per heavy atom. The van der Waals surface area contributed by atoms with Crippen molar-refractivity contribution >= 4 is 16.7 Å². The van der Waals surface area contributed by atoms with Crippen LogP contribution in [0, 0.1) is 5.41 Å². The molecule has 0 spiro atoms. The predicted molar refractivity (Wildman–Crippen MR) is 89.7 cm³/mol. The molecule has 1 heterocycles. The fourth-order valence-corrected chi connectivity index (χ4v) is 3.68. The number of aromatic nitrogens is 1. The summed E-state index contributed by atoms with van der Waals surface area (Å²) in [5.41, 5.74) is 4.37. The van der Waals surface area contributed by atoms with Crippen LogP contribution in [-0.2, 0) is 6.42 Å². The first kappa shape index (κ1) is 13.3. The molecule has 0 unspecified atom stereocenters. The van der Waals surface area contributed by atoms with Gasteiger partial charge in [-0.25, -0.2) is 0 Å². The second-order valence-electron chi connectivity index (χ2n) is 6.95. The monoisotopic (exact) mass is 289 g/mol. The average molecular weight is 289 g/mol. The highest BCUT2D eigenvalue weighted by atomic mass is 16.1. The third-order valence-corrected chi connectivity index (χ3v) is 4.55. The molecule has 2 aromatic carbocycles. The second kappa shape index (κ2) is 4.57. The van der Waals surface area contributed by atoms with E-state index in [1.54, 1.807) is 0 Å². The highest BCUT2D eigenvalue weighted by Gasteiger charge is 2.35. The van der Waals surface area contributed by atoms with E-state index in [2.05, 4.69) is 42.7 Å². The van der Waals surface area contributed by atoms with Crippen LogP contribution in [0.3, 0.4) is 0 Å². The molecule has 0 fully saturated rings. The Hall–Kier alpha value is -2.35. The van der Waals surface area contributed by atoms with Crippen molar-refractivity contribution in [3.8, 4) is 5.69 Å². The number of benzene rings is 2. The molecular formula is C20H19NO. The zero-order chi connectivity index (χ0) is 15.3. The fourth-order valence-electron chi connectivity index (χ4n) is 3.68. The van der Waals surface area contributed by atoms with Gasteiger partial charge in [0.2, 0.25) is 0 Å². The quantitative estimate of drug-likeness (QED) is 0.631. The van der Waals surface area contributed by atoms with Crippen molar-refractivity contribution in [3.63, 3.8) is 0 Å². The molecule has 0 bridgehead atoms. The predicted octanol–water partition coefficient (Wildman–Crippen LogP) is 4.79. The van der Waals surface area contributed by atoms with E-state index in [0.29, 0.717) is 6.42 Å². The minimum atomic E-state index is 0.0188. The summed E-state index contributed by atoms with van der Waals surface area (Å²) in [5, 5.41) is 1.09. The Morgan fingerprint density at radius 2 is 1.59 bits per heavy atom. The summed E-state index contributed by atoms with van der Waals surface area (Å²) in [6.45, 7) is 4.36. The van der Waals surface area contributed by atoms with Gasteiger partial charge in [0.15, 0.2) is 5.78 Å². The van der Waals surface area contributed by atoms with Crippen LogP contribution in [0.1, 0.15) is 36.3 Å². The molecule has 3 aromatic rings. The van der Waals surface area contributed by atoms with E-state index in [1.807, 2.05) is 30.3 Å². The summed E-state index contributed by atoms with van der Waals surface area (Å²) >= 11 is 0. The fraction of sp³-hybridized carbons (Fsp3) is 0.250. The van der Waals surface area contributed by atoms with Crippen molar-refractivity contribution in [3.05, 3.63) is 65.9 Å². The first-order valence-electron chi connectivity index (χ1n) is 7.78. The SMILES string of the molecule is CC1(C)CC(=O)c2c(n(-c3ccccc3)c3ccccc23)C1. The van der Waals surface area contributed by atoms with Crippen LogP contribution in [0.25, 0.3) is 16.6 Å². The number of carbonyl (C=O) groups is 1. The summed E-state index contributed by atoms with van der Waals surface area (Å²) in [5.74, 6) is 0.275. The van der Waals surface area contributed by atoms with Crippen molar-refractivity contribution in [2.75, 3.05) is 0 Å². The maximum absolute atomic E-state index is 12.7. The molecule has 0 radical (unpaired) electrons.